The molecule has 0 atom stereocenters. The maximum absolute atomic E-state index is 12.0. The van der Waals surface area contributed by atoms with Gasteiger partial charge in [0.05, 0.1) is 5.69 Å². The Labute approximate surface area is 145 Å². The van der Waals surface area contributed by atoms with Gasteiger partial charge in [-0.05, 0) is 31.1 Å². The molecule has 1 amide bonds. The van der Waals surface area contributed by atoms with Crippen LogP contribution < -0.4 is 5.32 Å². The largest absolute Gasteiger partial charge is 0.298 e. The molecule has 1 N–H and O–H groups in total. The number of anilines is 1. The molecule has 3 aromatic rings. The fourth-order valence-electron chi connectivity index (χ4n) is 2.44. The minimum atomic E-state index is -0.180. The van der Waals surface area contributed by atoms with Crippen LogP contribution in [-0.4, -0.2) is 10.9 Å². The smallest absolute Gasteiger partial charge is 0.250 e. The molecule has 0 aliphatic heterocycles. The summed E-state index contributed by atoms with van der Waals surface area (Å²) in [4.78, 5) is 16.5. The molecule has 0 bridgehead atoms. The van der Waals surface area contributed by atoms with Crippen molar-refractivity contribution in [2.24, 2.45) is 0 Å². The molecule has 0 aliphatic rings. The van der Waals surface area contributed by atoms with Crippen LogP contribution in [0.3, 0.4) is 0 Å². The minimum absolute atomic E-state index is 0.180. The minimum Gasteiger partial charge on any atom is -0.298 e. The Morgan fingerprint density at radius 2 is 1.92 bits per heavy atom. The van der Waals surface area contributed by atoms with E-state index in [0.29, 0.717) is 5.13 Å². The van der Waals surface area contributed by atoms with Gasteiger partial charge in [-0.2, -0.15) is 0 Å². The molecule has 120 valence electrons. The molecule has 0 spiro atoms. The highest BCUT2D eigenvalue weighted by molar-refractivity contribution is 7.14. The van der Waals surface area contributed by atoms with Gasteiger partial charge in [0.25, 0.3) is 0 Å². The Morgan fingerprint density at radius 1 is 1.12 bits per heavy atom. The summed E-state index contributed by atoms with van der Waals surface area (Å²) in [5, 5.41) is 5.39. The second-order valence-corrected chi connectivity index (χ2v) is 6.45. The van der Waals surface area contributed by atoms with E-state index in [1.165, 1.54) is 28.5 Å². The summed E-state index contributed by atoms with van der Waals surface area (Å²) in [6, 6.07) is 16.0. The highest BCUT2D eigenvalue weighted by Gasteiger charge is 2.08. The molecular formula is C20H18N2OS. The van der Waals surface area contributed by atoms with Gasteiger partial charge in [-0.3, -0.25) is 10.1 Å². The molecule has 3 rings (SSSR count). The van der Waals surface area contributed by atoms with Crippen LogP contribution in [0.15, 0.2) is 60.0 Å². The van der Waals surface area contributed by atoms with Crippen molar-refractivity contribution in [3.63, 3.8) is 0 Å². The third-order valence-corrected chi connectivity index (χ3v) is 4.38. The maximum atomic E-state index is 12.0. The highest BCUT2D eigenvalue weighted by Crippen LogP contribution is 2.27. The summed E-state index contributed by atoms with van der Waals surface area (Å²) < 4.78 is 0. The first-order valence-electron chi connectivity index (χ1n) is 7.69. The summed E-state index contributed by atoms with van der Waals surface area (Å²) in [6.45, 7) is 4.14. The number of carbonyl (C=O) groups is 1. The SMILES string of the molecule is Cc1ccc(-c2csc(NC(=O)C=Cc3ccccc3)n2)c(C)c1. The van der Waals surface area contributed by atoms with Crippen molar-refractivity contribution in [2.45, 2.75) is 13.8 Å². The molecule has 0 radical (unpaired) electrons. The molecule has 0 fully saturated rings. The molecular weight excluding hydrogens is 316 g/mol. The Hall–Kier alpha value is -2.72. The van der Waals surface area contributed by atoms with Crippen LogP contribution in [0.2, 0.25) is 0 Å². The lowest BCUT2D eigenvalue weighted by Gasteiger charge is -2.03. The van der Waals surface area contributed by atoms with E-state index in [9.17, 15) is 4.79 Å². The fourth-order valence-corrected chi connectivity index (χ4v) is 3.15. The van der Waals surface area contributed by atoms with Crippen LogP contribution in [0.1, 0.15) is 16.7 Å². The van der Waals surface area contributed by atoms with Crippen LogP contribution >= 0.6 is 11.3 Å². The molecule has 1 heterocycles. The maximum Gasteiger partial charge on any atom is 0.250 e. The van der Waals surface area contributed by atoms with Crippen LogP contribution in [-0.2, 0) is 4.79 Å². The van der Waals surface area contributed by atoms with E-state index in [1.54, 1.807) is 6.08 Å². The third kappa shape index (κ3) is 3.97. The second-order valence-electron chi connectivity index (χ2n) is 5.59. The van der Waals surface area contributed by atoms with Crippen molar-refractivity contribution in [1.29, 1.82) is 0 Å². The van der Waals surface area contributed by atoms with Crippen molar-refractivity contribution in [3.05, 3.63) is 76.7 Å². The average molecular weight is 334 g/mol. The zero-order valence-electron chi connectivity index (χ0n) is 13.6. The Bertz CT molecular complexity index is 882. The number of rotatable bonds is 4. The lowest BCUT2D eigenvalue weighted by molar-refractivity contribution is -0.111. The van der Waals surface area contributed by atoms with E-state index in [-0.39, 0.29) is 5.91 Å². The number of hydrogen-bond donors (Lipinski definition) is 1. The lowest BCUT2D eigenvalue weighted by atomic mass is 10.0. The van der Waals surface area contributed by atoms with Gasteiger partial charge in [0.15, 0.2) is 5.13 Å². The van der Waals surface area contributed by atoms with Gasteiger partial charge >= 0.3 is 0 Å². The number of aryl methyl sites for hydroxylation is 2. The molecule has 3 nitrogen and oxygen atoms in total. The van der Waals surface area contributed by atoms with Crippen LogP contribution in [0, 0.1) is 13.8 Å². The van der Waals surface area contributed by atoms with E-state index in [1.807, 2.05) is 35.7 Å². The Balaban J connectivity index is 1.70. The summed E-state index contributed by atoms with van der Waals surface area (Å²) in [5.41, 5.74) is 5.38. The predicted molar refractivity (Wildman–Crippen MR) is 101 cm³/mol. The van der Waals surface area contributed by atoms with Crippen LogP contribution in [0.5, 0.6) is 0 Å². The van der Waals surface area contributed by atoms with Gasteiger partial charge in [0.1, 0.15) is 0 Å². The molecule has 0 saturated heterocycles. The van der Waals surface area contributed by atoms with Crippen molar-refractivity contribution < 1.29 is 4.79 Å². The monoisotopic (exact) mass is 334 g/mol. The molecule has 0 unspecified atom stereocenters. The van der Waals surface area contributed by atoms with Gasteiger partial charge in [0.2, 0.25) is 5.91 Å². The van der Waals surface area contributed by atoms with E-state index in [4.69, 9.17) is 0 Å². The zero-order valence-corrected chi connectivity index (χ0v) is 14.4. The number of hydrogen-bond acceptors (Lipinski definition) is 3. The standard InChI is InChI=1S/C20H18N2OS/c1-14-8-10-17(15(2)12-14)18-13-24-20(21-18)22-19(23)11-9-16-6-4-3-5-7-16/h3-13H,1-2H3,(H,21,22,23). The first kappa shape index (κ1) is 16.1. The number of thiazole rings is 1. The van der Waals surface area contributed by atoms with Crippen molar-refractivity contribution in [2.75, 3.05) is 5.32 Å². The Kier molecular flexibility index (Phi) is 4.87. The molecule has 1 aromatic heterocycles. The Morgan fingerprint density at radius 3 is 2.67 bits per heavy atom. The van der Waals surface area contributed by atoms with Gasteiger partial charge in [-0.1, -0.05) is 54.1 Å². The number of nitrogens with zero attached hydrogens (tertiary/aromatic N) is 1. The zero-order chi connectivity index (χ0) is 16.9. The molecule has 24 heavy (non-hydrogen) atoms. The molecule has 0 aliphatic carbocycles. The number of carbonyl (C=O) groups excluding carboxylic acids is 1. The molecule has 4 heteroatoms. The second kappa shape index (κ2) is 7.23. The van der Waals surface area contributed by atoms with Gasteiger partial charge < -0.3 is 0 Å². The summed E-state index contributed by atoms with van der Waals surface area (Å²) in [5.74, 6) is -0.180. The van der Waals surface area contributed by atoms with Crippen LogP contribution in [0.25, 0.3) is 17.3 Å². The summed E-state index contributed by atoms with van der Waals surface area (Å²) in [7, 11) is 0. The number of aromatic nitrogens is 1. The predicted octanol–water partition coefficient (Wildman–Crippen LogP) is 5.08. The highest BCUT2D eigenvalue weighted by atomic mass is 32.1. The molecule has 0 saturated carbocycles. The quantitative estimate of drug-likeness (QED) is 0.676. The van der Waals surface area contributed by atoms with Gasteiger partial charge in [0, 0.05) is 17.0 Å². The third-order valence-electron chi connectivity index (χ3n) is 3.62. The van der Waals surface area contributed by atoms with Gasteiger partial charge in [-0.15, -0.1) is 11.3 Å². The summed E-state index contributed by atoms with van der Waals surface area (Å²) in [6.07, 6.45) is 3.31. The van der Waals surface area contributed by atoms with E-state index in [0.717, 1.165) is 16.8 Å². The molecule has 2 aromatic carbocycles. The number of benzene rings is 2. The van der Waals surface area contributed by atoms with Crippen molar-refractivity contribution >= 4 is 28.5 Å². The average Bonchev–Trinajstić information content (AvgIpc) is 3.02. The number of nitrogens with one attached hydrogen (secondary N) is 1. The van der Waals surface area contributed by atoms with Gasteiger partial charge in [-0.25, -0.2) is 4.98 Å². The van der Waals surface area contributed by atoms with E-state index < -0.39 is 0 Å². The lowest BCUT2D eigenvalue weighted by Crippen LogP contribution is -2.07. The normalized spacial score (nSPS) is 10.9. The summed E-state index contributed by atoms with van der Waals surface area (Å²) >= 11 is 1.43. The topological polar surface area (TPSA) is 42.0 Å². The fraction of sp³-hybridized carbons (Fsp3) is 0.100. The first-order chi connectivity index (χ1) is 11.6. The van der Waals surface area contributed by atoms with E-state index >= 15 is 0 Å². The van der Waals surface area contributed by atoms with E-state index in [2.05, 4.69) is 42.3 Å². The van der Waals surface area contributed by atoms with Crippen LogP contribution in [0.4, 0.5) is 5.13 Å². The van der Waals surface area contributed by atoms with Crippen molar-refractivity contribution in [1.82, 2.24) is 4.98 Å². The number of amides is 1. The van der Waals surface area contributed by atoms with Crippen molar-refractivity contribution in [3.8, 4) is 11.3 Å². The first-order valence-corrected chi connectivity index (χ1v) is 8.57.